The monoisotopic (exact) mass is 238 g/mol. The molecule has 0 atom stereocenters. The van der Waals surface area contributed by atoms with Gasteiger partial charge in [-0.3, -0.25) is 4.40 Å². The Morgan fingerprint density at radius 1 is 1.44 bits per heavy atom. The Bertz CT molecular complexity index is 504. The first kappa shape index (κ1) is 11.2. The second-order valence-corrected chi connectivity index (χ2v) is 4.24. The zero-order chi connectivity index (χ0) is 11.7. The second-order valence-electron chi connectivity index (χ2n) is 3.89. The quantitative estimate of drug-likeness (QED) is 0.885. The van der Waals surface area contributed by atoms with Crippen LogP contribution in [-0.2, 0) is 6.54 Å². The van der Waals surface area contributed by atoms with E-state index < -0.39 is 0 Å². The van der Waals surface area contributed by atoms with E-state index in [0.29, 0.717) is 11.7 Å². The summed E-state index contributed by atoms with van der Waals surface area (Å²) in [6.45, 7) is 0.699. The lowest BCUT2D eigenvalue weighted by molar-refractivity contribution is 0.755. The molecule has 16 heavy (non-hydrogen) atoms. The van der Waals surface area contributed by atoms with E-state index in [1.165, 1.54) is 0 Å². The molecule has 0 radical (unpaired) electrons. The molecule has 2 aromatic rings. The van der Waals surface area contributed by atoms with E-state index in [-0.39, 0.29) is 0 Å². The molecule has 0 aliphatic heterocycles. The number of anilines is 1. The Morgan fingerprint density at radius 2 is 2.19 bits per heavy atom. The molecule has 2 rings (SSSR count). The maximum Gasteiger partial charge on any atom is 0.155 e. The minimum atomic E-state index is 0.551. The first-order valence-electron chi connectivity index (χ1n) is 5.12. The number of imidazole rings is 1. The highest BCUT2D eigenvalue weighted by molar-refractivity contribution is 6.32. The van der Waals surface area contributed by atoms with Crippen LogP contribution in [0.2, 0.25) is 5.15 Å². The summed E-state index contributed by atoms with van der Waals surface area (Å²) in [6, 6.07) is 4.02. The van der Waals surface area contributed by atoms with Crippen molar-refractivity contribution >= 4 is 22.8 Å². The molecule has 2 heterocycles. The number of pyridine rings is 1. The third kappa shape index (κ3) is 1.86. The van der Waals surface area contributed by atoms with Gasteiger partial charge in [-0.15, -0.1) is 0 Å². The van der Waals surface area contributed by atoms with Gasteiger partial charge in [0.25, 0.3) is 0 Å². The fourth-order valence-electron chi connectivity index (χ4n) is 1.64. The highest BCUT2D eigenvalue weighted by atomic mass is 35.5. The number of halogens is 1. The molecule has 0 unspecified atom stereocenters. The van der Waals surface area contributed by atoms with Gasteiger partial charge in [-0.2, -0.15) is 0 Å². The fourth-order valence-corrected chi connectivity index (χ4v) is 1.89. The number of hydrogen-bond donors (Lipinski definition) is 1. The molecule has 0 fully saturated rings. The van der Waals surface area contributed by atoms with E-state index in [1.807, 2.05) is 43.9 Å². The molecule has 0 aromatic carbocycles. The molecule has 1 N–H and O–H groups in total. The first-order valence-corrected chi connectivity index (χ1v) is 5.49. The summed E-state index contributed by atoms with van der Waals surface area (Å²) < 4.78 is 2.02. The lowest BCUT2D eigenvalue weighted by Gasteiger charge is -2.13. The van der Waals surface area contributed by atoms with Gasteiger partial charge in [0, 0.05) is 20.3 Å². The summed E-state index contributed by atoms with van der Waals surface area (Å²) in [4.78, 5) is 6.38. The van der Waals surface area contributed by atoms with Crippen molar-refractivity contribution in [2.24, 2.45) is 0 Å². The number of nitrogens with one attached hydrogen (secondary N) is 1. The summed E-state index contributed by atoms with van der Waals surface area (Å²) >= 11 is 6.07. The van der Waals surface area contributed by atoms with Gasteiger partial charge in [-0.05, 0) is 19.2 Å². The molecule has 0 bridgehead atoms. The first-order chi connectivity index (χ1) is 7.63. The molecule has 0 spiro atoms. The number of fused-ring (bicyclic) bond motifs is 1. The third-order valence-electron chi connectivity index (χ3n) is 2.50. The van der Waals surface area contributed by atoms with Crippen molar-refractivity contribution in [2.45, 2.75) is 6.54 Å². The van der Waals surface area contributed by atoms with Crippen LogP contribution in [0.3, 0.4) is 0 Å². The zero-order valence-electron chi connectivity index (χ0n) is 9.66. The van der Waals surface area contributed by atoms with E-state index in [4.69, 9.17) is 11.6 Å². The Labute approximate surface area is 99.8 Å². The minimum Gasteiger partial charge on any atom is -0.376 e. The van der Waals surface area contributed by atoms with Crippen LogP contribution in [0.25, 0.3) is 5.52 Å². The van der Waals surface area contributed by atoms with Gasteiger partial charge in [0.15, 0.2) is 5.15 Å². The summed E-state index contributed by atoms with van der Waals surface area (Å²) in [7, 11) is 5.92. The van der Waals surface area contributed by atoms with Crippen LogP contribution in [0.4, 0.5) is 5.69 Å². The molecule has 2 aromatic heterocycles. The van der Waals surface area contributed by atoms with E-state index in [1.54, 1.807) is 0 Å². The van der Waals surface area contributed by atoms with Crippen molar-refractivity contribution in [2.75, 3.05) is 26.0 Å². The van der Waals surface area contributed by atoms with Crippen LogP contribution in [0.1, 0.15) is 5.82 Å². The Balaban J connectivity index is 2.60. The molecule has 4 nitrogen and oxygen atoms in total. The standard InChI is InChI=1S/C11H15ClN4/c1-13-6-10-14-11(12)9-5-4-8(15(2)3)7-16(9)10/h4-5,7,13H,6H2,1-3H3. The van der Waals surface area contributed by atoms with Crippen molar-refractivity contribution < 1.29 is 0 Å². The average Bonchev–Trinajstić information content (AvgIpc) is 2.56. The van der Waals surface area contributed by atoms with Crippen LogP contribution in [0.5, 0.6) is 0 Å². The Morgan fingerprint density at radius 3 is 2.81 bits per heavy atom. The normalized spacial score (nSPS) is 11.0. The minimum absolute atomic E-state index is 0.551. The molecule has 0 saturated carbocycles. The predicted octanol–water partition coefficient (Wildman–Crippen LogP) is 1.77. The van der Waals surface area contributed by atoms with E-state index in [2.05, 4.69) is 15.2 Å². The number of hydrogen-bond acceptors (Lipinski definition) is 3. The van der Waals surface area contributed by atoms with Gasteiger partial charge < -0.3 is 10.2 Å². The topological polar surface area (TPSA) is 32.6 Å². The van der Waals surface area contributed by atoms with E-state index in [0.717, 1.165) is 17.0 Å². The zero-order valence-corrected chi connectivity index (χ0v) is 10.4. The number of nitrogens with zero attached hydrogens (tertiary/aromatic N) is 3. The molecular formula is C11H15ClN4. The predicted molar refractivity (Wildman–Crippen MR) is 67.3 cm³/mol. The SMILES string of the molecule is CNCc1nc(Cl)c2ccc(N(C)C)cn12. The Kier molecular flexibility index (Phi) is 3.03. The highest BCUT2D eigenvalue weighted by Crippen LogP contribution is 2.21. The molecule has 0 aliphatic rings. The lowest BCUT2D eigenvalue weighted by Crippen LogP contribution is -2.11. The second kappa shape index (κ2) is 4.31. The maximum absolute atomic E-state index is 6.07. The Hall–Kier alpha value is -1.26. The summed E-state index contributed by atoms with van der Waals surface area (Å²) in [5.74, 6) is 0.922. The third-order valence-corrected chi connectivity index (χ3v) is 2.78. The molecule has 86 valence electrons. The molecule has 0 aliphatic carbocycles. The van der Waals surface area contributed by atoms with Crippen LogP contribution in [0.15, 0.2) is 18.3 Å². The van der Waals surface area contributed by atoms with Crippen LogP contribution in [0, 0.1) is 0 Å². The van der Waals surface area contributed by atoms with Crippen molar-refractivity contribution in [3.8, 4) is 0 Å². The maximum atomic E-state index is 6.07. The van der Waals surface area contributed by atoms with Gasteiger partial charge >= 0.3 is 0 Å². The van der Waals surface area contributed by atoms with E-state index >= 15 is 0 Å². The summed E-state index contributed by atoms with van der Waals surface area (Å²) in [6.07, 6.45) is 2.04. The van der Waals surface area contributed by atoms with Crippen molar-refractivity contribution in [3.05, 3.63) is 29.3 Å². The number of aromatic nitrogens is 2. The smallest absolute Gasteiger partial charge is 0.155 e. The van der Waals surface area contributed by atoms with Crippen molar-refractivity contribution in [1.29, 1.82) is 0 Å². The average molecular weight is 239 g/mol. The van der Waals surface area contributed by atoms with Crippen LogP contribution >= 0.6 is 11.6 Å². The summed E-state index contributed by atoms with van der Waals surface area (Å²) in [5, 5.41) is 3.63. The van der Waals surface area contributed by atoms with E-state index in [9.17, 15) is 0 Å². The molecule has 0 amide bonds. The van der Waals surface area contributed by atoms with Gasteiger partial charge in [0.2, 0.25) is 0 Å². The summed E-state index contributed by atoms with van der Waals surface area (Å²) in [5.41, 5.74) is 2.07. The molecule has 5 heteroatoms. The highest BCUT2D eigenvalue weighted by Gasteiger charge is 2.09. The van der Waals surface area contributed by atoms with Crippen LogP contribution in [-0.4, -0.2) is 30.5 Å². The van der Waals surface area contributed by atoms with Crippen molar-refractivity contribution in [1.82, 2.24) is 14.7 Å². The largest absolute Gasteiger partial charge is 0.376 e. The lowest BCUT2D eigenvalue weighted by atomic mass is 10.3. The number of rotatable bonds is 3. The van der Waals surface area contributed by atoms with Gasteiger partial charge in [-0.1, -0.05) is 11.6 Å². The van der Waals surface area contributed by atoms with Gasteiger partial charge in [-0.25, -0.2) is 4.98 Å². The van der Waals surface area contributed by atoms with Gasteiger partial charge in [0.05, 0.1) is 17.7 Å². The molecular weight excluding hydrogens is 224 g/mol. The molecule has 0 saturated heterocycles. The van der Waals surface area contributed by atoms with Gasteiger partial charge in [0.1, 0.15) is 5.82 Å². The van der Waals surface area contributed by atoms with Crippen molar-refractivity contribution in [3.63, 3.8) is 0 Å². The van der Waals surface area contributed by atoms with Crippen LogP contribution < -0.4 is 10.2 Å². The fraction of sp³-hybridized carbons (Fsp3) is 0.364.